The Bertz CT molecular complexity index is 557. The topological polar surface area (TPSA) is 71.9 Å². The molecule has 5 nitrogen and oxygen atoms in total. The Kier molecular flexibility index (Phi) is 4.10. The van der Waals surface area contributed by atoms with Crippen molar-refractivity contribution in [2.45, 2.75) is 32.5 Å². The van der Waals surface area contributed by atoms with Crippen molar-refractivity contribution in [3.05, 3.63) is 32.6 Å². The molecule has 0 spiro atoms. The lowest BCUT2D eigenvalue weighted by Gasteiger charge is -2.07. The van der Waals surface area contributed by atoms with Crippen LogP contribution < -0.4 is 11.2 Å². The highest BCUT2D eigenvalue weighted by Crippen LogP contribution is 2.21. The van der Waals surface area contributed by atoms with E-state index < -0.39 is 36.1 Å². The van der Waals surface area contributed by atoms with Crippen molar-refractivity contribution in [1.29, 1.82) is 0 Å². The van der Waals surface area contributed by atoms with Gasteiger partial charge >= 0.3 is 11.9 Å². The summed E-state index contributed by atoms with van der Waals surface area (Å²) in [4.78, 5) is 36.1. The quantitative estimate of drug-likeness (QED) is 0.827. The average Bonchev–Trinajstić information content (AvgIpc) is 2.20. The number of carbonyl (C=O) groups excluding carboxylic acids is 1. The van der Waals surface area contributed by atoms with E-state index in [9.17, 15) is 27.6 Å². The minimum absolute atomic E-state index is 0.249. The molecule has 0 saturated carbocycles. The van der Waals surface area contributed by atoms with Gasteiger partial charge < -0.3 is 4.98 Å². The molecule has 0 aromatic carbocycles. The smallest absolute Gasteiger partial charge is 0.313 e. The fraction of sp³-hybridized carbons (Fsp3) is 0.500. The summed E-state index contributed by atoms with van der Waals surface area (Å²) in [6, 6.07) is 0. The fourth-order valence-electron chi connectivity index (χ4n) is 1.40. The molecule has 1 aromatic heterocycles. The number of hydrogen-bond donors (Lipinski definition) is 1. The Morgan fingerprint density at radius 3 is 2.50 bits per heavy atom. The van der Waals surface area contributed by atoms with Gasteiger partial charge in [-0.1, -0.05) is 0 Å². The van der Waals surface area contributed by atoms with Crippen LogP contribution >= 0.6 is 0 Å². The number of carbonyl (C=O) groups is 1. The van der Waals surface area contributed by atoms with Crippen molar-refractivity contribution in [3.63, 3.8) is 0 Å². The fourth-order valence-corrected chi connectivity index (χ4v) is 1.40. The maximum Gasteiger partial charge on any atom is 0.389 e. The van der Waals surface area contributed by atoms with E-state index in [1.54, 1.807) is 0 Å². The molecule has 0 aliphatic heterocycles. The van der Waals surface area contributed by atoms with Crippen molar-refractivity contribution >= 4 is 5.78 Å². The van der Waals surface area contributed by atoms with Gasteiger partial charge in [0.1, 0.15) is 0 Å². The number of halogens is 3. The summed E-state index contributed by atoms with van der Waals surface area (Å²) in [6.07, 6.45) is -4.86. The highest BCUT2D eigenvalue weighted by Gasteiger charge is 2.26. The zero-order chi connectivity index (χ0) is 13.9. The lowest BCUT2D eigenvalue weighted by atomic mass is 10.2. The number of alkyl halides is 3. The number of rotatable bonds is 4. The van der Waals surface area contributed by atoms with E-state index in [4.69, 9.17) is 0 Å². The largest absolute Gasteiger partial charge is 0.389 e. The first-order valence-corrected chi connectivity index (χ1v) is 5.12. The molecule has 1 rings (SSSR count). The molecule has 0 amide bonds. The van der Waals surface area contributed by atoms with E-state index in [2.05, 4.69) is 4.98 Å². The van der Waals surface area contributed by atoms with Crippen molar-refractivity contribution in [2.75, 3.05) is 0 Å². The van der Waals surface area contributed by atoms with Crippen molar-refractivity contribution < 1.29 is 18.0 Å². The summed E-state index contributed by atoms with van der Waals surface area (Å²) in [5.41, 5.74) is -1.94. The molecule has 0 atom stereocenters. The number of ketones is 1. The highest BCUT2D eigenvalue weighted by atomic mass is 19.4. The Labute approximate surface area is 99.3 Å². The number of nitrogens with zero attached hydrogens (tertiary/aromatic N) is 1. The minimum Gasteiger partial charge on any atom is -0.313 e. The van der Waals surface area contributed by atoms with Crippen LogP contribution in [0.1, 0.15) is 30.1 Å². The zero-order valence-electron chi connectivity index (χ0n) is 9.50. The molecule has 0 bridgehead atoms. The molecular formula is C10H11F3N2O3. The van der Waals surface area contributed by atoms with Gasteiger partial charge in [0.25, 0.3) is 5.56 Å². The van der Waals surface area contributed by atoms with Crippen LogP contribution in [0.25, 0.3) is 0 Å². The highest BCUT2D eigenvalue weighted by molar-refractivity contribution is 5.93. The Balaban J connectivity index is 2.96. The molecule has 0 aliphatic carbocycles. The van der Waals surface area contributed by atoms with Gasteiger partial charge in [0, 0.05) is 19.2 Å². The number of aromatic amines is 1. The third-order valence-electron chi connectivity index (χ3n) is 2.28. The molecular weight excluding hydrogens is 253 g/mol. The second-order valence-corrected chi connectivity index (χ2v) is 3.74. The average molecular weight is 264 g/mol. The lowest BCUT2D eigenvalue weighted by molar-refractivity contribution is -0.135. The Hall–Kier alpha value is -1.86. The van der Waals surface area contributed by atoms with Crippen LogP contribution in [0.4, 0.5) is 13.2 Å². The molecule has 0 unspecified atom stereocenters. The predicted molar refractivity (Wildman–Crippen MR) is 56.6 cm³/mol. The minimum atomic E-state index is -4.34. The molecule has 1 aromatic rings. The first kappa shape index (κ1) is 14.2. The van der Waals surface area contributed by atoms with Gasteiger partial charge in [-0.2, -0.15) is 13.2 Å². The van der Waals surface area contributed by atoms with E-state index in [0.717, 1.165) is 13.1 Å². The number of nitrogens with one attached hydrogen (secondary N) is 1. The molecule has 1 heterocycles. The van der Waals surface area contributed by atoms with Crippen LogP contribution in [0.3, 0.4) is 0 Å². The van der Waals surface area contributed by atoms with Crippen molar-refractivity contribution in [1.82, 2.24) is 9.55 Å². The number of hydrogen-bond acceptors (Lipinski definition) is 3. The number of aromatic nitrogens is 2. The second kappa shape index (κ2) is 5.19. The van der Waals surface area contributed by atoms with Gasteiger partial charge in [-0.25, -0.2) is 4.79 Å². The monoisotopic (exact) mass is 264 g/mol. The molecule has 8 heteroatoms. The van der Waals surface area contributed by atoms with E-state index in [-0.39, 0.29) is 12.1 Å². The van der Waals surface area contributed by atoms with E-state index in [1.807, 2.05) is 0 Å². The summed E-state index contributed by atoms with van der Waals surface area (Å²) < 4.78 is 36.4. The second-order valence-electron chi connectivity index (χ2n) is 3.74. The Morgan fingerprint density at radius 2 is 2.00 bits per heavy atom. The summed E-state index contributed by atoms with van der Waals surface area (Å²) >= 11 is 0. The predicted octanol–water partition coefficient (Wildman–Crippen LogP) is 1.08. The number of H-pyrrole nitrogens is 1. The maximum absolute atomic E-state index is 11.9. The zero-order valence-corrected chi connectivity index (χ0v) is 9.50. The molecule has 1 N–H and O–H groups in total. The van der Waals surface area contributed by atoms with Crippen LogP contribution in [-0.2, 0) is 6.54 Å². The SMILES string of the molecule is CC(=O)c1c[nH]c(=O)n(CCCC(F)(F)F)c1=O. The van der Waals surface area contributed by atoms with E-state index >= 15 is 0 Å². The van der Waals surface area contributed by atoms with Gasteiger partial charge in [-0.05, 0) is 13.3 Å². The summed E-state index contributed by atoms with van der Waals surface area (Å²) in [6.45, 7) is 0.754. The molecule has 100 valence electrons. The van der Waals surface area contributed by atoms with E-state index in [1.165, 1.54) is 0 Å². The summed E-state index contributed by atoms with van der Waals surface area (Å²) in [7, 11) is 0. The van der Waals surface area contributed by atoms with Crippen molar-refractivity contribution in [2.24, 2.45) is 0 Å². The third kappa shape index (κ3) is 3.57. The Morgan fingerprint density at radius 1 is 1.39 bits per heavy atom. The van der Waals surface area contributed by atoms with Gasteiger partial charge in [0.15, 0.2) is 5.78 Å². The van der Waals surface area contributed by atoms with Crippen LogP contribution in [0.15, 0.2) is 15.8 Å². The standard InChI is InChI=1S/C10H11F3N2O3/c1-6(16)7-5-14-9(18)15(8(7)17)4-2-3-10(11,12)13/h5H,2-4H2,1H3,(H,14,18). The first-order valence-electron chi connectivity index (χ1n) is 5.12. The normalized spacial score (nSPS) is 11.6. The molecule has 0 aliphatic rings. The van der Waals surface area contributed by atoms with Crippen molar-refractivity contribution in [3.8, 4) is 0 Å². The lowest BCUT2D eigenvalue weighted by Crippen LogP contribution is -2.37. The van der Waals surface area contributed by atoms with Gasteiger partial charge in [0.2, 0.25) is 0 Å². The molecule has 0 fully saturated rings. The first-order chi connectivity index (χ1) is 8.22. The summed E-state index contributed by atoms with van der Waals surface area (Å²) in [5.74, 6) is -0.555. The number of Topliss-reactive ketones (excluding diaryl/α,β-unsaturated/α-hetero) is 1. The third-order valence-corrected chi connectivity index (χ3v) is 2.28. The van der Waals surface area contributed by atoms with Crippen LogP contribution in [0.2, 0.25) is 0 Å². The molecule has 18 heavy (non-hydrogen) atoms. The van der Waals surface area contributed by atoms with Crippen LogP contribution in [0.5, 0.6) is 0 Å². The summed E-state index contributed by atoms with van der Waals surface area (Å²) in [5, 5.41) is 0. The van der Waals surface area contributed by atoms with Gasteiger partial charge in [0.05, 0.1) is 5.56 Å². The van der Waals surface area contributed by atoms with E-state index in [0.29, 0.717) is 4.57 Å². The van der Waals surface area contributed by atoms with Crippen LogP contribution in [-0.4, -0.2) is 21.5 Å². The van der Waals surface area contributed by atoms with Gasteiger partial charge in [-0.15, -0.1) is 0 Å². The van der Waals surface area contributed by atoms with Gasteiger partial charge in [-0.3, -0.25) is 14.2 Å². The maximum atomic E-state index is 11.9. The molecule has 0 radical (unpaired) electrons. The van der Waals surface area contributed by atoms with Crippen LogP contribution in [0, 0.1) is 0 Å². The molecule has 0 saturated heterocycles.